The Hall–Kier alpha value is -3.64. The molecule has 3 aromatic carbocycles. The predicted molar refractivity (Wildman–Crippen MR) is 149 cm³/mol. The number of nitrogens with zero attached hydrogens (tertiary/aromatic N) is 2. The van der Waals surface area contributed by atoms with E-state index in [-0.39, 0.29) is 28.4 Å². The number of carbonyl (C=O) groups is 2. The molecule has 2 fully saturated rings. The molecule has 198 valence electrons. The number of benzene rings is 3. The van der Waals surface area contributed by atoms with Crippen LogP contribution in [0.5, 0.6) is 5.75 Å². The van der Waals surface area contributed by atoms with Crippen molar-refractivity contribution in [3.8, 4) is 5.75 Å². The minimum Gasteiger partial charge on any atom is -0.507 e. The van der Waals surface area contributed by atoms with Crippen LogP contribution in [0.25, 0.3) is 0 Å². The van der Waals surface area contributed by atoms with E-state index in [0.29, 0.717) is 5.69 Å². The topological polar surface area (TPSA) is 70.1 Å². The van der Waals surface area contributed by atoms with E-state index in [1.54, 1.807) is 11.1 Å². The summed E-state index contributed by atoms with van der Waals surface area (Å²) >= 11 is 0. The number of rotatable bonds is 3. The van der Waals surface area contributed by atoms with Crippen molar-refractivity contribution in [3.63, 3.8) is 0 Å². The first-order valence-electron chi connectivity index (χ1n) is 13.1. The van der Waals surface area contributed by atoms with Gasteiger partial charge < -0.3 is 5.11 Å². The zero-order valence-electron chi connectivity index (χ0n) is 23.1. The van der Waals surface area contributed by atoms with Crippen molar-refractivity contribution in [3.05, 3.63) is 89.0 Å². The molecule has 0 radical (unpaired) electrons. The largest absolute Gasteiger partial charge is 0.507 e. The van der Waals surface area contributed by atoms with Crippen molar-refractivity contribution in [2.24, 2.45) is 5.92 Å². The van der Waals surface area contributed by atoms with E-state index >= 15 is 0 Å². The van der Waals surface area contributed by atoms with E-state index in [4.69, 9.17) is 4.84 Å². The standard InChI is InChI=1S/C32H36N2O4/c1-19-12-11-15-22(16-19)33-29(36)25-26(34(38-28(25)30(33)37)21-13-9-8-10-14-21)20-17-23(31(2,3)4)27(35)24(18-20)32(5,6)7/h8-18,25-26,28,35H,1-7H3/t25-,26-,28-/m1/s1. The maximum absolute atomic E-state index is 14.0. The molecule has 0 aliphatic carbocycles. The zero-order valence-corrected chi connectivity index (χ0v) is 23.1. The number of hydrogen-bond donors (Lipinski definition) is 1. The van der Waals surface area contributed by atoms with Crippen molar-refractivity contribution in [2.45, 2.75) is 71.4 Å². The maximum atomic E-state index is 14.0. The van der Waals surface area contributed by atoms with Gasteiger partial charge in [-0.1, -0.05) is 71.9 Å². The van der Waals surface area contributed by atoms with Crippen LogP contribution in [0.1, 0.15) is 69.8 Å². The molecular weight excluding hydrogens is 476 g/mol. The van der Waals surface area contributed by atoms with Gasteiger partial charge in [0.05, 0.1) is 17.4 Å². The molecule has 0 spiro atoms. The van der Waals surface area contributed by atoms with E-state index in [9.17, 15) is 14.7 Å². The number of phenolic OH excluding ortho intramolecular Hbond substituents is 1. The molecule has 0 aromatic heterocycles. The van der Waals surface area contributed by atoms with Gasteiger partial charge in [0.15, 0.2) is 6.10 Å². The number of aromatic hydroxyl groups is 1. The highest BCUT2D eigenvalue weighted by Gasteiger charge is 2.60. The monoisotopic (exact) mass is 512 g/mol. The Labute approximate surface area is 224 Å². The number of amides is 2. The lowest BCUT2D eigenvalue weighted by Gasteiger charge is -2.33. The number of para-hydroxylation sites is 1. The average Bonchev–Trinajstić information content (AvgIpc) is 3.34. The first kappa shape index (κ1) is 26.0. The molecule has 6 nitrogen and oxygen atoms in total. The van der Waals surface area contributed by atoms with Gasteiger partial charge in [-0.15, -0.1) is 0 Å². The van der Waals surface area contributed by atoms with Crippen molar-refractivity contribution in [2.75, 3.05) is 9.96 Å². The molecule has 6 heteroatoms. The van der Waals surface area contributed by atoms with Gasteiger partial charge in [0, 0.05) is 0 Å². The van der Waals surface area contributed by atoms with E-state index < -0.39 is 18.1 Å². The molecule has 2 heterocycles. The zero-order chi connectivity index (χ0) is 27.6. The molecule has 1 N–H and O–H groups in total. The molecule has 0 saturated carbocycles. The molecule has 5 rings (SSSR count). The van der Waals surface area contributed by atoms with Gasteiger partial charge in [0.1, 0.15) is 11.7 Å². The third-order valence-corrected chi connectivity index (χ3v) is 7.48. The first-order chi connectivity index (χ1) is 17.8. The third kappa shape index (κ3) is 4.27. The number of hydrogen-bond acceptors (Lipinski definition) is 5. The van der Waals surface area contributed by atoms with Crippen LogP contribution in [0.2, 0.25) is 0 Å². The fourth-order valence-corrected chi connectivity index (χ4v) is 5.54. The Morgan fingerprint density at radius 2 is 1.34 bits per heavy atom. The lowest BCUT2D eigenvalue weighted by Crippen LogP contribution is -2.37. The number of aryl methyl sites for hydroxylation is 1. The Morgan fingerprint density at radius 1 is 0.763 bits per heavy atom. The Morgan fingerprint density at radius 3 is 1.89 bits per heavy atom. The van der Waals surface area contributed by atoms with E-state index in [2.05, 4.69) is 41.5 Å². The Kier molecular flexibility index (Phi) is 6.14. The molecule has 38 heavy (non-hydrogen) atoms. The van der Waals surface area contributed by atoms with E-state index in [1.807, 2.05) is 67.6 Å². The highest BCUT2D eigenvalue weighted by molar-refractivity contribution is 6.24. The summed E-state index contributed by atoms with van der Waals surface area (Å²) in [5, 5.41) is 13.0. The van der Waals surface area contributed by atoms with E-state index in [0.717, 1.165) is 27.9 Å². The Balaban J connectivity index is 1.70. The molecule has 2 aliphatic rings. The summed E-state index contributed by atoms with van der Waals surface area (Å²) in [4.78, 5) is 35.3. The number of fused-ring (bicyclic) bond motifs is 1. The van der Waals surface area contributed by atoms with Crippen LogP contribution in [0.3, 0.4) is 0 Å². The second-order valence-corrected chi connectivity index (χ2v) is 12.5. The third-order valence-electron chi connectivity index (χ3n) is 7.48. The van der Waals surface area contributed by atoms with Crippen molar-refractivity contribution < 1.29 is 19.5 Å². The van der Waals surface area contributed by atoms with Crippen molar-refractivity contribution in [1.82, 2.24) is 0 Å². The van der Waals surface area contributed by atoms with Gasteiger partial charge in [-0.2, -0.15) is 0 Å². The fraction of sp³-hybridized carbons (Fsp3) is 0.375. The maximum Gasteiger partial charge on any atom is 0.266 e. The second kappa shape index (κ2) is 8.98. The summed E-state index contributed by atoms with van der Waals surface area (Å²) in [6.45, 7) is 14.3. The Bertz CT molecular complexity index is 1370. The van der Waals surface area contributed by atoms with Gasteiger partial charge in [-0.25, -0.2) is 9.96 Å². The van der Waals surface area contributed by atoms with E-state index in [1.165, 1.54) is 4.90 Å². The lowest BCUT2D eigenvalue weighted by molar-refractivity contribution is -0.126. The normalized spacial score (nSPS) is 21.8. The van der Waals surface area contributed by atoms with Crippen molar-refractivity contribution >= 4 is 23.2 Å². The fourth-order valence-electron chi connectivity index (χ4n) is 5.54. The van der Waals surface area contributed by atoms with Gasteiger partial charge in [-0.3, -0.25) is 14.4 Å². The first-order valence-corrected chi connectivity index (χ1v) is 13.1. The van der Waals surface area contributed by atoms with Crippen LogP contribution in [0, 0.1) is 12.8 Å². The summed E-state index contributed by atoms with van der Waals surface area (Å²) in [5.41, 5.74) is 4.01. The molecule has 2 amide bonds. The van der Waals surface area contributed by atoms with Crippen LogP contribution in [-0.4, -0.2) is 23.0 Å². The molecule has 3 aromatic rings. The van der Waals surface area contributed by atoms with Crippen LogP contribution in [0.15, 0.2) is 66.7 Å². The van der Waals surface area contributed by atoms with Crippen LogP contribution >= 0.6 is 0 Å². The molecule has 0 unspecified atom stereocenters. The minimum absolute atomic E-state index is 0.269. The number of imide groups is 1. The number of carbonyl (C=O) groups excluding carboxylic acids is 2. The minimum atomic E-state index is -0.946. The summed E-state index contributed by atoms with van der Waals surface area (Å²) in [7, 11) is 0. The summed E-state index contributed by atoms with van der Waals surface area (Å²) in [6, 6.07) is 20.4. The summed E-state index contributed by atoms with van der Waals surface area (Å²) in [5.74, 6) is -1.12. The number of phenols is 1. The van der Waals surface area contributed by atoms with Gasteiger partial charge in [-0.05, 0) is 76.4 Å². The SMILES string of the molecule is Cc1cccc(N2C(=O)[C@@H]3[C@@H](c4cc(C(C)(C)C)c(O)c(C(C)(C)C)c4)N(c4ccccc4)O[C@H]3C2=O)c1. The highest BCUT2D eigenvalue weighted by Crippen LogP contribution is 2.50. The molecule has 2 aliphatic heterocycles. The van der Waals surface area contributed by atoms with Gasteiger partial charge >= 0.3 is 0 Å². The predicted octanol–water partition coefficient (Wildman–Crippen LogP) is 6.35. The smallest absolute Gasteiger partial charge is 0.266 e. The highest BCUT2D eigenvalue weighted by atomic mass is 16.7. The van der Waals surface area contributed by atoms with Gasteiger partial charge in [0.2, 0.25) is 5.91 Å². The quantitative estimate of drug-likeness (QED) is 0.414. The molecule has 2 saturated heterocycles. The van der Waals surface area contributed by atoms with Crippen LogP contribution < -0.4 is 9.96 Å². The average molecular weight is 513 g/mol. The molecular formula is C32H36N2O4. The van der Waals surface area contributed by atoms with Crippen molar-refractivity contribution in [1.29, 1.82) is 0 Å². The van der Waals surface area contributed by atoms with Crippen LogP contribution in [-0.2, 0) is 25.3 Å². The lowest BCUT2D eigenvalue weighted by atomic mass is 9.76. The molecule has 0 bridgehead atoms. The van der Waals surface area contributed by atoms with Gasteiger partial charge in [0.25, 0.3) is 5.91 Å². The summed E-state index contributed by atoms with van der Waals surface area (Å²) < 4.78 is 0. The number of hydroxylamine groups is 1. The van der Waals surface area contributed by atoms with Crippen LogP contribution in [0.4, 0.5) is 11.4 Å². The second-order valence-electron chi connectivity index (χ2n) is 12.5. The number of anilines is 2. The molecule has 3 atom stereocenters. The summed E-state index contributed by atoms with van der Waals surface area (Å²) in [6.07, 6.45) is -0.946.